The maximum absolute atomic E-state index is 12.8. The van der Waals surface area contributed by atoms with Crippen molar-refractivity contribution in [3.05, 3.63) is 51.6 Å². The molecule has 1 aromatic rings. The van der Waals surface area contributed by atoms with Crippen LogP contribution in [0.15, 0.2) is 41.0 Å². The van der Waals surface area contributed by atoms with Crippen LogP contribution in [0, 0.1) is 0 Å². The quantitative estimate of drug-likeness (QED) is 0.856. The highest BCUT2D eigenvalue weighted by Gasteiger charge is 2.39. The lowest BCUT2D eigenvalue weighted by molar-refractivity contribution is -0.0933. The first-order valence-electron chi connectivity index (χ1n) is 4.99. The second kappa shape index (κ2) is 4.53. The highest BCUT2D eigenvalue weighted by molar-refractivity contribution is 6.30. The van der Waals surface area contributed by atoms with Gasteiger partial charge in [0.15, 0.2) is 0 Å². The Kier molecular flexibility index (Phi) is 3.21. The minimum absolute atomic E-state index is 0.0330. The fraction of sp³-hybridized carbons (Fsp3) is 0.182. The summed E-state index contributed by atoms with van der Waals surface area (Å²) in [5.74, 6) is 0. The number of nitrogens with one attached hydrogen (secondary N) is 1. The molecule has 0 aliphatic carbocycles. The van der Waals surface area contributed by atoms with Crippen LogP contribution in [0.3, 0.4) is 0 Å². The highest BCUT2D eigenvalue weighted by atomic mass is 35.5. The van der Waals surface area contributed by atoms with Crippen LogP contribution in [0.1, 0.15) is 0 Å². The third-order valence-corrected chi connectivity index (χ3v) is 2.62. The number of aromatic amines is 1. The van der Waals surface area contributed by atoms with Gasteiger partial charge in [-0.25, -0.2) is 0 Å². The minimum Gasteiger partial charge on any atom is -0.329 e. The Morgan fingerprint density at radius 1 is 1.39 bits per heavy atom. The summed E-state index contributed by atoms with van der Waals surface area (Å²) in [6, 6.07) is 1.21. The average molecular weight is 277 g/mol. The number of alkyl halides is 3. The molecule has 0 atom stereocenters. The van der Waals surface area contributed by atoms with Crippen LogP contribution in [0.4, 0.5) is 18.9 Å². The summed E-state index contributed by atoms with van der Waals surface area (Å²) in [7, 11) is 0. The van der Waals surface area contributed by atoms with Crippen molar-refractivity contribution in [2.45, 2.75) is 6.18 Å². The molecule has 0 bridgehead atoms. The summed E-state index contributed by atoms with van der Waals surface area (Å²) < 4.78 is 38.5. The molecule has 1 N–H and O–H groups in total. The smallest absolute Gasteiger partial charge is 0.329 e. The van der Waals surface area contributed by atoms with Gasteiger partial charge in [-0.05, 0) is 12.1 Å². The second-order valence-corrected chi connectivity index (χ2v) is 4.06. The Hall–Kier alpha value is -1.69. The lowest BCUT2D eigenvalue weighted by atomic mass is 10.2. The predicted octanol–water partition coefficient (Wildman–Crippen LogP) is 2.85. The molecule has 0 amide bonds. The number of allylic oxidation sites excluding steroid dienone is 3. The molecule has 0 unspecified atom stereocenters. The maximum Gasteiger partial charge on any atom is 0.431 e. The van der Waals surface area contributed by atoms with Gasteiger partial charge in [0.1, 0.15) is 11.4 Å². The highest BCUT2D eigenvalue weighted by Crippen LogP contribution is 2.32. The maximum atomic E-state index is 12.8. The Morgan fingerprint density at radius 2 is 2.11 bits per heavy atom. The van der Waals surface area contributed by atoms with Crippen LogP contribution in [0.25, 0.3) is 0 Å². The fourth-order valence-electron chi connectivity index (χ4n) is 1.64. The summed E-state index contributed by atoms with van der Waals surface area (Å²) >= 11 is 5.68. The van der Waals surface area contributed by atoms with E-state index in [2.05, 4.69) is 4.98 Å². The topological polar surface area (TPSA) is 36.1 Å². The van der Waals surface area contributed by atoms with E-state index in [1.165, 1.54) is 24.4 Å². The number of anilines is 1. The van der Waals surface area contributed by atoms with Gasteiger partial charge in [-0.1, -0.05) is 23.8 Å². The molecule has 18 heavy (non-hydrogen) atoms. The van der Waals surface area contributed by atoms with Gasteiger partial charge in [-0.2, -0.15) is 13.2 Å². The molecule has 0 radical (unpaired) electrons. The molecule has 3 nitrogen and oxygen atoms in total. The van der Waals surface area contributed by atoms with E-state index in [0.717, 1.165) is 11.0 Å². The van der Waals surface area contributed by atoms with Crippen molar-refractivity contribution in [2.75, 3.05) is 11.4 Å². The summed E-state index contributed by atoms with van der Waals surface area (Å²) in [5.41, 5.74) is -1.64. The number of hydrogen-bond acceptors (Lipinski definition) is 2. The van der Waals surface area contributed by atoms with Gasteiger partial charge in [0, 0.05) is 12.7 Å². The van der Waals surface area contributed by atoms with Crippen LogP contribution in [-0.2, 0) is 0 Å². The number of pyridine rings is 1. The third kappa shape index (κ3) is 2.43. The van der Waals surface area contributed by atoms with Gasteiger partial charge < -0.3 is 9.88 Å². The van der Waals surface area contributed by atoms with E-state index in [9.17, 15) is 18.0 Å². The predicted molar refractivity (Wildman–Crippen MR) is 62.7 cm³/mol. The van der Waals surface area contributed by atoms with Crippen LogP contribution in [0.5, 0.6) is 0 Å². The third-order valence-electron chi connectivity index (χ3n) is 2.40. The molecule has 1 aliphatic rings. The number of aromatic nitrogens is 1. The fourth-order valence-corrected chi connectivity index (χ4v) is 1.79. The van der Waals surface area contributed by atoms with Crippen molar-refractivity contribution >= 4 is 17.3 Å². The molecule has 2 rings (SSSR count). The molecule has 0 saturated carbocycles. The molecule has 2 heterocycles. The molecule has 1 aliphatic heterocycles. The van der Waals surface area contributed by atoms with Crippen LogP contribution >= 0.6 is 11.6 Å². The molecular formula is C11H8ClF3N2O. The van der Waals surface area contributed by atoms with Gasteiger partial charge in [0.25, 0.3) is 5.56 Å². The summed E-state index contributed by atoms with van der Waals surface area (Å²) in [4.78, 5) is 14.7. The summed E-state index contributed by atoms with van der Waals surface area (Å²) in [6.45, 7) is -0.0330. The molecule has 0 saturated heterocycles. The average Bonchev–Trinajstić information content (AvgIpc) is 2.31. The molecular weight excluding hydrogens is 269 g/mol. The molecule has 0 fully saturated rings. The monoisotopic (exact) mass is 276 g/mol. The zero-order valence-electron chi connectivity index (χ0n) is 8.96. The van der Waals surface area contributed by atoms with Crippen LogP contribution < -0.4 is 10.5 Å². The first kappa shape index (κ1) is 12.8. The molecule has 0 aromatic carbocycles. The summed E-state index contributed by atoms with van der Waals surface area (Å²) in [5, 5.41) is 0.167. The Morgan fingerprint density at radius 3 is 2.78 bits per heavy atom. The molecule has 1 aromatic heterocycles. The van der Waals surface area contributed by atoms with E-state index in [4.69, 9.17) is 11.6 Å². The lowest BCUT2D eigenvalue weighted by Gasteiger charge is -2.28. The van der Waals surface area contributed by atoms with Gasteiger partial charge in [0.05, 0.1) is 5.02 Å². The lowest BCUT2D eigenvalue weighted by Crippen LogP contribution is -2.36. The van der Waals surface area contributed by atoms with Crippen molar-refractivity contribution in [1.29, 1.82) is 0 Å². The van der Waals surface area contributed by atoms with Crippen molar-refractivity contribution in [3.8, 4) is 0 Å². The van der Waals surface area contributed by atoms with E-state index in [1.807, 2.05) is 0 Å². The van der Waals surface area contributed by atoms with E-state index in [1.54, 1.807) is 0 Å². The number of rotatable bonds is 1. The normalized spacial score (nSPS) is 15.8. The number of halogens is 4. The van der Waals surface area contributed by atoms with E-state index in [-0.39, 0.29) is 17.3 Å². The zero-order chi connectivity index (χ0) is 13.3. The van der Waals surface area contributed by atoms with Crippen molar-refractivity contribution in [1.82, 2.24) is 4.98 Å². The number of hydrogen-bond donors (Lipinski definition) is 1. The SMILES string of the molecule is O=c1[nH]cc(Cl)cc1N1CC=CC=C1C(F)(F)F. The van der Waals surface area contributed by atoms with E-state index >= 15 is 0 Å². The number of H-pyrrole nitrogens is 1. The first-order chi connectivity index (χ1) is 8.39. The number of nitrogens with zero attached hydrogens (tertiary/aromatic N) is 1. The van der Waals surface area contributed by atoms with Gasteiger partial charge >= 0.3 is 6.18 Å². The van der Waals surface area contributed by atoms with Crippen molar-refractivity contribution < 1.29 is 13.2 Å². The largest absolute Gasteiger partial charge is 0.431 e. The summed E-state index contributed by atoms with van der Waals surface area (Å²) in [6.07, 6.45) is 0.446. The minimum atomic E-state index is -4.53. The van der Waals surface area contributed by atoms with Gasteiger partial charge in [0.2, 0.25) is 0 Å². The first-order valence-corrected chi connectivity index (χ1v) is 5.37. The second-order valence-electron chi connectivity index (χ2n) is 3.62. The zero-order valence-corrected chi connectivity index (χ0v) is 9.72. The molecule has 7 heteroatoms. The van der Waals surface area contributed by atoms with E-state index < -0.39 is 17.4 Å². The molecule has 96 valence electrons. The van der Waals surface area contributed by atoms with E-state index in [0.29, 0.717) is 0 Å². The Balaban J connectivity index is 2.50. The molecule has 0 spiro atoms. The standard InChI is InChI=1S/C11H8ClF3N2O/c12-7-5-8(10(18)16-6-7)17-4-2-1-3-9(17)11(13,14)15/h1-3,5-6H,4H2,(H,16,18). The van der Waals surface area contributed by atoms with Crippen LogP contribution in [-0.4, -0.2) is 17.7 Å². The van der Waals surface area contributed by atoms with Crippen LogP contribution in [0.2, 0.25) is 5.02 Å². The van der Waals surface area contributed by atoms with Gasteiger partial charge in [-0.3, -0.25) is 4.79 Å². The van der Waals surface area contributed by atoms with Gasteiger partial charge in [-0.15, -0.1) is 0 Å². The Labute approximate surface area is 105 Å². The van der Waals surface area contributed by atoms with Crippen molar-refractivity contribution in [2.24, 2.45) is 0 Å². The Bertz CT molecular complexity index is 574. The van der Waals surface area contributed by atoms with Crippen molar-refractivity contribution in [3.63, 3.8) is 0 Å².